The molecule has 3 rings (SSSR count). The Morgan fingerprint density at radius 3 is 2.68 bits per heavy atom. The van der Waals surface area contributed by atoms with Gasteiger partial charge in [0.15, 0.2) is 0 Å². The van der Waals surface area contributed by atoms with Crippen LogP contribution < -0.4 is 5.32 Å². The molecule has 0 saturated carbocycles. The molecule has 0 spiro atoms. The Hall–Kier alpha value is -1.68. The zero-order chi connectivity index (χ0) is 15.9. The van der Waals surface area contributed by atoms with Gasteiger partial charge >= 0.3 is 0 Å². The fourth-order valence-electron chi connectivity index (χ4n) is 2.22. The molecular formula is C16H11Cl3N2O. The van der Waals surface area contributed by atoms with Crippen molar-refractivity contribution in [1.29, 1.82) is 0 Å². The number of hydrogen-bond acceptors (Lipinski definition) is 1. The highest BCUT2D eigenvalue weighted by atomic mass is 35.5. The van der Waals surface area contributed by atoms with Crippen molar-refractivity contribution in [2.45, 2.75) is 6.92 Å². The number of rotatable bonds is 2. The lowest BCUT2D eigenvalue weighted by atomic mass is 10.2. The number of amides is 1. The molecule has 0 aliphatic carbocycles. The molecule has 0 aliphatic heterocycles. The van der Waals surface area contributed by atoms with Gasteiger partial charge in [-0.15, -0.1) is 0 Å². The highest BCUT2D eigenvalue weighted by Crippen LogP contribution is 2.31. The van der Waals surface area contributed by atoms with Crippen molar-refractivity contribution in [1.82, 2.24) is 4.98 Å². The van der Waals surface area contributed by atoms with Crippen molar-refractivity contribution in [2.24, 2.45) is 0 Å². The first-order valence-corrected chi connectivity index (χ1v) is 7.64. The van der Waals surface area contributed by atoms with Crippen LogP contribution in [0.4, 0.5) is 5.69 Å². The van der Waals surface area contributed by atoms with E-state index >= 15 is 0 Å². The van der Waals surface area contributed by atoms with E-state index in [9.17, 15) is 4.79 Å². The van der Waals surface area contributed by atoms with E-state index in [-0.39, 0.29) is 5.91 Å². The van der Waals surface area contributed by atoms with Gasteiger partial charge in [0.2, 0.25) is 0 Å². The van der Waals surface area contributed by atoms with Crippen molar-refractivity contribution in [3.8, 4) is 0 Å². The second-order valence-corrected chi connectivity index (χ2v) is 6.09. The molecule has 0 fully saturated rings. The van der Waals surface area contributed by atoms with E-state index < -0.39 is 0 Å². The van der Waals surface area contributed by atoms with Crippen molar-refractivity contribution in [2.75, 3.05) is 5.32 Å². The number of H-pyrrole nitrogens is 1. The Labute approximate surface area is 142 Å². The number of benzene rings is 2. The van der Waals surface area contributed by atoms with Gasteiger partial charge in [-0.1, -0.05) is 40.9 Å². The standard InChI is InChI=1S/C16H11Cl3N2O/c1-8-11(18)3-2-4-12(8)21-16(22)15-14(19)10-7-9(17)5-6-13(10)20-15/h2-7,20H,1H3,(H,21,22). The summed E-state index contributed by atoms with van der Waals surface area (Å²) in [5.74, 6) is -0.331. The maximum atomic E-state index is 12.5. The van der Waals surface area contributed by atoms with E-state index in [1.54, 1.807) is 36.4 Å². The quantitative estimate of drug-likeness (QED) is 0.611. The number of hydrogen-bond donors (Lipinski definition) is 2. The summed E-state index contributed by atoms with van der Waals surface area (Å²) < 4.78 is 0. The SMILES string of the molecule is Cc1c(Cl)cccc1NC(=O)c1[nH]c2ccc(Cl)cc2c1Cl. The molecule has 1 amide bonds. The van der Waals surface area contributed by atoms with Crippen LogP contribution in [0.2, 0.25) is 15.1 Å². The minimum atomic E-state index is -0.331. The summed E-state index contributed by atoms with van der Waals surface area (Å²) in [6.45, 7) is 1.84. The van der Waals surface area contributed by atoms with Crippen molar-refractivity contribution in [3.05, 3.63) is 62.7 Å². The summed E-state index contributed by atoms with van der Waals surface area (Å²) in [6, 6.07) is 10.6. The topological polar surface area (TPSA) is 44.9 Å². The van der Waals surface area contributed by atoms with Crippen LogP contribution in [-0.2, 0) is 0 Å². The first-order chi connectivity index (χ1) is 10.5. The van der Waals surface area contributed by atoms with Gasteiger partial charge < -0.3 is 10.3 Å². The van der Waals surface area contributed by atoms with E-state index in [1.165, 1.54) is 0 Å². The number of aromatic nitrogens is 1. The van der Waals surface area contributed by atoms with Gasteiger partial charge in [-0.25, -0.2) is 0 Å². The van der Waals surface area contributed by atoms with Crippen LogP contribution in [0.15, 0.2) is 36.4 Å². The summed E-state index contributed by atoms with van der Waals surface area (Å²) in [5, 5.41) is 5.02. The van der Waals surface area contributed by atoms with Crippen LogP contribution in [0.1, 0.15) is 16.1 Å². The molecule has 2 aromatic carbocycles. The molecule has 0 saturated heterocycles. The Balaban J connectivity index is 1.99. The van der Waals surface area contributed by atoms with Gasteiger partial charge in [0, 0.05) is 26.6 Å². The van der Waals surface area contributed by atoms with E-state index in [1.807, 2.05) is 6.92 Å². The minimum absolute atomic E-state index is 0.290. The fourth-order valence-corrected chi connectivity index (χ4v) is 2.85. The second kappa shape index (κ2) is 5.84. The summed E-state index contributed by atoms with van der Waals surface area (Å²) in [6.07, 6.45) is 0. The highest BCUT2D eigenvalue weighted by Gasteiger charge is 2.17. The van der Waals surface area contributed by atoms with E-state index in [0.717, 1.165) is 11.1 Å². The fraction of sp³-hybridized carbons (Fsp3) is 0.0625. The summed E-state index contributed by atoms with van der Waals surface area (Å²) >= 11 is 18.3. The predicted octanol–water partition coefficient (Wildman–Crippen LogP) is 5.69. The summed E-state index contributed by atoms with van der Waals surface area (Å²) in [7, 11) is 0. The van der Waals surface area contributed by atoms with Gasteiger partial charge in [-0.3, -0.25) is 4.79 Å². The predicted molar refractivity (Wildman–Crippen MR) is 92.5 cm³/mol. The number of halogens is 3. The lowest BCUT2D eigenvalue weighted by molar-refractivity contribution is 0.102. The van der Waals surface area contributed by atoms with E-state index in [0.29, 0.717) is 31.8 Å². The average Bonchev–Trinajstić information content (AvgIpc) is 2.81. The maximum Gasteiger partial charge on any atom is 0.273 e. The Morgan fingerprint density at radius 2 is 1.91 bits per heavy atom. The summed E-state index contributed by atoms with van der Waals surface area (Å²) in [5.41, 5.74) is 2.48. The highest BCUT2D eigenvalue weighted by molar-refractivity contribution is 6.40. The third kappa shape index (κ3) is 2.68. The molecular weight excluding hydrogens is 343 g/mol. The Bertz CT molecular complexity index is 886. The van der Waals surface area contributed by atoms with Gasteiger partial charge in [-0.2, -0.15) is 0 Å². The third-order valence-electron chi connectivity index (χ3n) is 3.44. The van der Waals surface area contributed by atoms with Crippen LogP contribution in [0.3, 0.4) is 0 Å². The molecule has 112 valence electrons. The van der Waals surface area contributed by atoms with Gasteiger partial charge in [0.05, 0.1) is 5.02 Å². The minimum Gasteiger partial charge on any atom is -0.349 e. The van der Waals surface area contributed by atoms with E-state index in [4.69, 9.17) is 34.8 Å². The maximum absolute atomic E-state index is 12.5. The van der Waals surface area contributed by atoms with Gasteiger partial charge in [0.1, 0.15) is 5.69 Å². The lowest BCUT2D eigenvalue weighted by Gasteiger charge is -2.08. The largest absolute Gasteiger partial charge is 0.349 e. The number of fused-ring (bicyclic) bond motifs is 1. The lowest BCUT2D eigenvalue weighted by Crippen LogP contribution is -2.13. The Morgan fingerprint density at radius 1 is 1.14 bits per heavy atom. The molecule has 0 radical (unpaired) electrons. The van der Waals surface area contributed by atoms with Gasteiger partial charge in [0.25, 0.3) is 5.91 Å². The molecule has 0 atom stereocenters. The smallest absolute Gasteiger partial charge is 0.273 e. The number of aromatic amines is 1. The normalized spacial score (nSPS) is 10.9. The molecule has 0 unspecified atom stereocenters. The van der Waals surface area contributed by atoms with Crippen LogP contribution in [0.5, 0.6) is 0 Å². The van der Waals surface area contributed by atoms with Crippen molar-refractivity contribution < 1.29 is 4.79 Å². The number of nitrogens with one attached hydrogen (secondary N) is 2. The molecule has 0 aliphatic rings. The average molecular weight is 354 g/mol. The molecule has 3 nitrogen and oxygen atoms in total. The first-order valence-electron chi connectivity index (χ1n) is 6.50. The molecule has 22 heavy (non-hydrogen) atoms. The molecule has 1 heterocycles. The molecule has 2 N–H and O–H groups in total. The molecule has 6 heteroatoms. The molecule has 3 aromatic rings. The van der Waals surface area contributed by atoms with Crippen LogP contribution >= 0.6 is 34.8 Å². The second-order valence-electron chi connectivity index (χ2n) is 4.87. The zero-order valence-corrected chi connectivity index (χ0v) is 13.8. The monoisotopic (exact) mass is 352 g/mol. The van der Waals surface area contributed by atoms with Crippen molar-refractivity contribution >= 4 is 57.3 Å². The van der Waals surface area contributed by atoms with E-state index in [2.05, 4.69) is 10.3 Å². The van der Waals surface area contributed by atoms with Crippen LogP contribution in [-0.4, -0.2) is 10.9 Å². The van der Waals surface area contributed by atoms with Gasteiger partial charge in [-0.05, 0) is 42.8 Å². The number of carbonyl (C=O) groups excluding carboxylic acids is 1. The zero-order valence-electron chi connectivity index (χ0n) is 11.5. The number of anilines is 1. The third-order valence-corrected chi connectivity index (χ3v) is 4.48. The summed E-state index contributed by atoms with van der Waals surface area (Å²) in [4.78, 5) is 15.5. The van der Waals surface area contributed by atoms with Crippen LogP contribution in [0, 0.1) is 6.92 Å². The number of carbonyl (C=O) groups is 1. The first kappa shape index (κ1) is 15.2. The molecule has 0 bridgehead atoms. The van der Waals surface area contributed by atoms with Crippen molar-refractivity contribution in [3.63, 3.8) is 0 Å². The molecule has 1 aromatic heterocycles. The van der Waals surface area contributed by atoms with Crippen LogP contribution in [0.25, 0.3) is 10.9 Å². The Kier molecular flexibility index (Phi) is 4.04.